The fourth-order valence-corrected chi connectivity index (χ4v) is 3.46. The summed E-state index contributed by atoms with van der Waals surface area (Å²) in [5.41, 5.74) is 0.943. The molecule has 1 atom stereocenters. The number of rotatable bonds is 8. The van der Waals surface area contributed by atoms with Gasteiger partial charge in [0.25, 0.3) is 0 Å². The van der Waals surface area contributed by atoms with Crippen molar-refractivity contribution in [1.82, 2.24) is 14.8 Å². The molecule has 0 saturated carbocycles. The smallest absolute Gasteiger partial charge is 0.191 e. The molecule has 3 rings (SSSR count). The number of thioether (sulfide) groups is 1. The third kappa shape index (κ3) is 4.75. The highest BCUT2D eigenvalue weighted by Gasteiger charge is 2.20. The van der Waals surface area contributed by atoms with Gasteiger partial charge in [-0.3, -0.25) is 4.57 Å². The van der Waals surface area contributed by atoms with Gasteiger partial charge in [-0.2, -0.15) is 0 Å². The molecule has 28 heavy (non-hydrogen) atoms. The first-order valence-electron chi connectivity index (χ1n) is 8.51. The molecule has 0 fully saturated rings. The topological polar surface area (TPSA) is 39.9 Å². The van der Waals surface area contributed by atoms with Gasteiger partial charge in [0.15, 0.2) is 28.7 Å². The van der Waals surface area contributed by atoms with Crippen molar-refractivity contribution in [1.29, 1.82) is 0 Å². The average Bonchev–Trinajstić information content (AvgIpc) is 3.07. The molecule has 0 spiro atoms. The van der Waals surface area contributed by atoms with Crippen molar-refractivity contribution >= 4 is 11.8 Å². The number of allylic oxidation sites excluding steroid dienone is 1. The van der Waals surface area contributed by atoms with Gasteiger partial charge in [-0.25, -0.2) is 13.2 Å². The molecule has 8 heteroatoms. The van der Waals surface area contributed by atoms with Gasteiger partial charge in [0.05, 0.1) is 0 Å². The molecule has 0 amide bonds. The van der Waals surface area contributed by atoms with Gasteiger partial charge in [-0.15, -0.1) is 16.8 Å². The van der Waals surface area contributed by atoms with E-state index in [1.54, 1.807) is 25.1 Å². The number of halogens is 3. The summed E-state index contributed by atoms with van der Waals surface area (Å²) in [6.07, 6.45) is 1.08. The summed E-state index contributed by atoms with van der Waals surface area (Å²) in [6, 6.07) is 9.36. The van der Waals surface area contributed by atoms with Crippen LogP contribution in [0.5, 0.6) is 5.75 Å². The highest BCUT2D eigenvalue weighted by Crippen LogP contribution is 2.28. The number of hydrogen-bond donors (Lipinski definition) is 0. The Labute approximate surface area is 165 Å². The van der Waals surface area contributed by atoms with Crippen molar-refractivity contribution in [3.63, 3.8) is 0 Å². The molecule has 4 nitrogen and oxygen atoms in total. The molecular formula is C20H18F3N3OS. The minimum atomic E-state index is -0.785. The molecule has 2 aromatic carbocycles. The lowest BCUT2D eigenvalue weighted by molar-refractivity contribution is 0.200. The third-order valence-electron chi connectivity index (χ3n) is 3.90. The molecular weight excluding hydrogens is 387 g/mol. The van der Waals surface area contributed by atoms with Crippen LogP contribution in [0.4, 0.5) is 13.2 Å². The number of ether oxygens (including phenoxy) is 1. The number of hydrogen-bond acceptors (Lipinski definition) is 4. The normalized spacial score (nSPS) is 12.0. The van der Waals surface area contributed by atoms with Gasteiger partial charge in [0.1, 0.15) is 11.6 Å². The maximum atomic E-state index is 13.9. The minimum absolute atomic E-state index is 0.0671. The summed E-state index contributed by atoms with van der Waals surface area (Å²) < 4.78 is 47.4. The molecule has 1 aromatic heterocycles. The van der Waals surface area contributed by atoms with Crippen molar-refractivity contribution < 1.29 is 17.9 Å². The first-order chi connectivity index (χ1) is 13.5. The minimum Gasteiger partial charge on any atom is -0.480 e. The van der Waals surface area contributed by atoms with Gasteiger partial charge >= 0.3 is 0 Å². The van der Waals surface area contributed by atoms with Crippen molar-refractivity contribution in [3.8, 4) is 5.75 Å². The van der Waals surface area contributed by atoms with Crippen LogP contribution in [-0.4, -0.2) is 14.8 Å². The molecule has 1 unspecified atom stereocenters. The Morgan fingerprint density at radius 2 is 1.82 bits per heavy atom. The fraction of sp³-hybridized carbons (Fsp3) is 0.200. The van der Waals surface area contributed by atoms with Gasteiger partial charge < -0.3 is 4.74 Å². The summed E-state index contributed by atoms with van der Waals surface area (Å²) in [6.45, 7) is 5.89. The first kappa shape index (κ1) is 20.0. The quantitative estimate of drug-likeness (QED) is 0.376. The lowest BCUT2D eigenvalue weighted by Crippen LogP contribution is -2.13. The van der Waals surface area contributed by atoms with E-state index in [0.717, 1.165) is 17.7 Å². The second-order valence-electron chi connectivity index (χ2n) is 5.99. The fourth-order valence-electron chi connectivity index (χ4n) is 2.55. The summed E-state index contributed by atoms with van der Waals surface area (Å²) in [4.78, 5) is 0. The van der Waals surface area contributed by atoms with E-state index in [1.807, 2.05) is 4.57 Å². The molecule has 0 N–H and O–H groups in total. The molecule has 146 valence electrons. The summed E-state index contributed by atoms with van der Waals surface area (Å²) in [5, 5.41) is 8.99. The van der Waals surface area contributed by atoms with Gasteiger partial charge in [-0.05, 0) is 36.8 Å². The molecule has 1 heterocycles. The van der Waals surface area contributed by atoms with Crippen molar-refractivity contribution in [2.45, 2.75) is 30.5 Å². The zero-order valence-electron chi connectivity index (χ0n) is 15.1. The number of aromatic nitrogens is 3. The van der Waals surface area contributed by atoms with Crippen LogP contribution in [0.15, 0.2) is 60.3 Å². The predicted octanol–water partition coefficient (Wildman–Crippen LogP) is 5.31. The van der Waals surface area contributed by atoms with E-state index in [9.17, 15) is 13.2 Å². The molecule has 3 aromatic rings. The van der Waals surface area contributed by atoms with Crippen LogP contribution in [0.3, 0.4) is 0 Å². The zero-order chi connectivity index (χ0) is 20.1. The predicted molar refractivity (Wildman–Crippen MR) is 102 cm³/mol. The van der Waals surface area contributed by atoms with Crippen molar-refractivity contribution in [2.75, 3.05) is 0 Å². The highest BCUT2D eigenvalue weighted by atomic mass is 32.2. The standard InChI is InChI=1S/C20H18F3N3OS/c1-3-10-26-19(13(2)27-18-9-8-16(22)11-17(18)23)24-25-20(26)28-12-14-4-6-15(21)7-5-14/h3-9,11,13H,1,10,12H2,2H3. The Balaban J connectivity index is 1.77. The van der Waals surface area contributed by atoms with Crippen LogP contribution < -0.4 is 4.74 Å². The molecule has 0 aliphatic heterocycles. The summed E-state index contributed by atoms with van der Waals surface area (Å²) in [5.74, 6) is -0.741. The van der Waals surface area contributed by atoms with Gasteiger partial charge in [-0.1, -0.05) is 30.0 Å². The maximum absolute atomic E-state index is 13.9. The number of benzene rings is 2. The lowest BCUT2D eigenvalue weighted by atomic mass is 10.2. The van der Waals surface area contributed by atoms with E-state index in [4.69, 9.17) is 4.74 Å². The molecule has 0 aliphatic rings. The van der Waals surface area contributed by atoms with Crippen LogP contribution in [0.1, 0.15) is 24.4 Å². The van der Waals surface area contributed by atoms with Crippen molar-refractivity contribution in [2.24, 2.45) is 0 Å². The Bertz CT molecular complexity index is 960. The monoisotopic (exact) mass is 405 g/mol. The van der Waals surface area contributed by atoms with E-state index in [-0.39, 0.29) is 11.6 Å². The highest BCUT2D eigenvalue weighted by molar-refractivity contribution is 7.98. The first-order valence-corrected chi connectivity index (χ1v) is 9.49. The summed E-state index contributed by atoms with van der Waals surface area (Å²) >= 11 is 1.44. The third-order valence-corrected chi connectivity index (χ3v) is 4.94. The SMILES string of the molecule is C=CCn1c(SCc2ccc(F)cc2)nnc1C(C)Oc1ccc(F)cc1F. The van der Waals surface area contributed by atoms with E-state index in [1.165, 1.54) is 30.0 Å². The maximum Gasteiger partial charge on any atom is 0.191 e. The van der Waals surface area contributed by atoms with E-state index in [2.05, 4.69) is 16.8 Å². The zero-order valence-corrected chi connectivity index (χ0v) is 15.9. The van der Waals surface area contributed by atoms with Crippen LogP contribution in [0, 0.1) is 17.5 Å². The van der Waals surface area contributed by atoms with Crippen LogP contribution >= 0.6 is 11.8 Å². The Morgan fingerprint density at radius 1 is 1.11 bits per heavy atom. The van der Waals surface area contributed by atoms with E-state index >= 15 is 0 Å². The van der Waals surface area contributed by atoms with Crippen LogP contribution in [-0.2, 0) is 12.3 Å². The molecule has 0 aliphatic carbocycles. The van der Waals surface area contributed by atoms with Crippen LogP contribution in [0.25, 0.3) is 0 Å². The van der Waals surface area contributed by atoms with E-state index < -0.39 is 17.7 Å². The Kier molecular flexibility index (Phi) is 6.41. The molecule has 0 saturated heterocycles. The lowest BCUT2D eigenvalue weighted by Gasteiger charge is -2.16. The Hall–Kier alpha value is -2.74. The largest absolute Gasteiger partial charge is 0.480 e. The van der Waals surface area contributed by atoms with Gasteiger partial charge in [0, 0.05) is 18.4 Å². The van der Waals surface area contributed by atoms with Gasteiger partial charge in [0.2, 0.25) is 0 Å². The number of nitrogens with zero attached hydrogens (tertiary/aromatic N) is 3. The van der Waals surface area contributed by atoms with Crippen molar-refractivity contribution in [3.05, 3.63) is 84.0 Å². The average molecular weight is 405 g/mol. The second-order valence-corrected chi connectivity index (χ2v) is 6.93. The summed E-state index contributed by atoms with van der Waals surface area (Å²) in [7, 11) is 0. The molecule has 0 radical (unpaired) electrons. The molecule has 0 bridgehead atoms. The second kappa shape index (κ2) is 8.97. The van der Waals surface area contributed by atoms with Crippen LogP contribution in [0.2, 0.25) is 0 Å². The van der Waals surface area contributed by atoms with E-state index in [0.29, 0.717) is 23.3 Å². The Morgan fingerprint density at radius 3 is 2.50 bits per heavy atom.